The Bertz CT molecular complexity index is 618. The zero-order chi connectivity index (χ0) is 12.7. The lowest BCUT2D eigenvalue weighted by Gasteiger charge is -2.11. The Hall–Kier alpha value is -1.72. The highest BCUT2D eigenvalue weighted by atomic mass is 35.5. The molecule has 0 aliphatic carbocycles. The van der Waals surface area contributed by atoms with Crippen LogP contribution in [0.4, 0.5) is 0 Å². The van der Waals surface area contributed by atoms with Crippen LogP contribution >= 0.6 is 22.9 Å². The van der Waals surface area contributed by atoms with E-state index in [-0.39, 0.29) is 18.4 Å². The van der Waals surface area contributed by atoms with Crippen molar-refractivity contribution in [3.63, 3.8) is 0 Å². The van der Waals surface area contributed by atoms with Gasteiger partial charge in [-0.05, 0) is 12.1 Å². The summed E-state index contributed by atoms with van der Waals surface area (Å²) < 4.78 is 0.404. The molecular weight excluding hydrogens is 272 g/mol. The number of carbonyl (C=O) groups excluding carboxylic acids is 2. The first kappa shape index (κ1) is 11.4. The summed E-state index contributed by atoms with van der Waals surface area (Å²) in [5.74, 6) is -0.528. The third-order valence-corrected chi connectivity index (χ3v) is 3.82. The van der Waals surface area contributed by atoms with Gasteiger partial charge in [-0.15, -0.1) is 11.3 Å². The van der Waals surface area contributed by atoms with Gasteiger partial charge in [-0.3, -0.25) is 14.5 Å². The van der Waals surface area contributed by atoms with Gasteiger partial charge >= 0.3 is 0 Å². The first-order chi connectivity index (χ1) is 8.66. The van der Waals surface area contributed by atoms with Crippen molar-refractivity contribution in [3.8, 4) is 0 Å². The summed E-state index contributed by atoms with van der Waals surface area (Å²) in [6, 6.07) is 6.82. The van der Waals surface area contributed by atoms with Gasteiger partial charge in [0.05, 0.1) is 17.7 Å². The highest BCUT2D eigenvalue weighted by Crippen LogP contribution is 2.26. The molecule has 18 heavy (non-hydrogen) atoms. The zero-order valence-electron chi connectivity index (χ0n) is 9.09. The number of benzene rings is 1. The molecule has 0 bridgehead atoms. The summed E-state index contributed by atoms with van der Waals surface area (Å²) in [7, 11) is 0. The third kappa shape index (κ3) is 1.72. The molecule has 1 aliphatic heterocycles. The van der Waals surface area contributed by atoms with Crippen molar-refractivity contribution in [2.24, 2.45) is 0 Å². The number of carbonyl (C=O) groups is 2. The summed E-state index contributed by atoms with van der Waals surface area (Å²) in [4.78, 5) is 30.0. The number of fused-ring (bicyclic) bond motifs is 1. The van der Waals surface area contributed by atoms with E-state index in [0.29, 0.717) is 15.6 Å². The molecule has 0 unspecified atom stereocenters. The molecule has 0 radical (unpaired) electrons. The van der Waals surface area contributed by atoms with Crippen molar-refractivity contribution >= 4 is 34.8 Å². The summed E-state index contributed by atoms with van der Waals surface area (Å²) in [5, 5.41) is 0. The first-order valence-electron chi connectivity index (χ1n) is 5.22. The predicted molar refractivity (Wildman–Crippen MR) is 67.8 cm³/mol. The molecule has 3 rings (SSSR count). The van der Waals surface area contributed by atoms with Gasteiger partial charge < -0.3 is 0 Å². The number of aromatic nitrogens is 1. The molecule has 0 N–H and O–H groups in total. The smallest absolute Gasteiger partial charge is 0.261 e. The monoisotopic (exact) mass is 278 g/mol. The fraction of sp³-hybridized carbons (Fsp3) is 0.0833. The Kier molecular flexibility index (Phi) is 2.65. The highest BCUT2D eigenvalue weighted by molar-refractivity contribution is 7.15. The molecule has 1 aromatic heterocycles. The quantitative estimate of drug-likeness (QED) is 0.794. The fourth-order valence-electron chi connectivity index (χ4n) is 1.90. The minimum atomic E-state index is -0.264. The predicted octanol–water partition coefficient (Wildman–Crippen LogP) is 2.59. The first-order valence-corrected chi connectivity index (χ1v) is 6.41. The van der Waals surface area contributed by atoms with Crippen molar-refractivity contribution in [1.29, 1.82) is 0 Å². The van der Waals surface area contributed by atoms with E-state index < -0.39 is 0 Å². The lowest BCUT2D eigenvalue weighted by Crippen LogP contribution is -2.28. The number of imide groups is 1. The van der Waals surface area contributed by atoms with Crippen LogP contribution in [0.2, 0.25) is 4.47 Å². The van der Waals surface area contributed by atoms with Crippen LogP contribution in [0.3, 0.4) is 0 Å². The van der Waals surface area contributed by atoms with Crippen LogP contribution in [0.1, 0.15) is 25.6 Å². The number of rotatable bonds is 2. The highest BCUT2D eigenvalue weighted by Gasteiger charge is 2.35. The second-order valence-electron chi connectivity index (χ2n) is 3.82. The van der Waals surface area contributed by atoms with Gasteiger partial charge in [0.1, 0.15) is 0 Å². The molecule has 0 fully saturated rings. The second-order valence-corrected chi connectivity index (χ2v) is 5.52. The van der Waals surface area contributed by atoms with Gasteiger partial charge in [-0.25, -0.2) is 4.98 Å². The normalized spacial score (nSPS) is 14.2. The maximum atomic E-state index is 12.1. The zero-order valence-corrected chi connectivity index (χ0v) is 10.7. The Morgan fingerprint density at radius 2 is 1.78 bits per heavy atom. The van der Waals surface area contributed by atoms with Crippen LogP contribution in [0.25, 0.3) is 0 Å². The maximum Gasteiger partial charge on any atom is 0.261 e. The standard InChI is InChI=1S/C12H7ClN2O2S/c13-12-14-5-7(18-12)6-15-10(16)8-3-1-2-4-9(8)11(15)17/h1-5H,6H2. The van der Waals surface area contributed by atoms with E-state index in [1.54, 1.807) is 30.5 Å². The van der Waals surface area contributed by atoms with Gasteiger partial charge in [-0.2, -0.15) is 0 Å². The van der Waals surface area contributed by atoms with Crippen molar-refractivity contribution in [2.75, 3.05) is 0 Å². The Balaban J connectivity index is 1.92. The molecule has 90 valence electrons. The molecule has 6 heteroatoms. The van der Waals surface area contributed by atoms with Gasteiger partial charge in [-0.1, -0.05) is 23.7 Å². The molecule has 0 spiro atoms. The van der Waals surface area contributed by atoms with E-state index in [1.165, 1.54) is 16.2 Å². The lowest BCUT2D eigenvalue weighted by atomic mass is 10.1. The molecule has 2 aromatic rings. The van der Waals surface area contributed by atoms with Crippen molar-refractivity contribution in [3.05, 3.63) is 50.9 Å². The van der Waals surface area contributed by atoms with E-state index in [2.05, 4.69) is 4.98 Å². The van der Waals surface area contributed by atoms with E-state index in [0.717, 1.165) is 4.88 Å². The van der Waals surface area contributed by atoms with E-state index >= 15 is 0 Å². The number of hydrogen-bond acceptors (Lipinski definition) is 4. The van der Waals surface area contributed by atoms with Crippen molar-refractivity contribution < 1.29 is 9.59 Å². The second kappa shape index (κ2) is 4.19. The topological polar surface area (TPSA) is 50.3 Å². The average molecular weight is 279 g/mol. The van der Waals surface area contributed by atoms with Gasteiger partial charge in [0.15, 0.2) is 4.47 Å². The molecule has 4 nitrogen and oxygen atoms in total. The summed E-state index contributed by atoms with van der Waals surface area (Å²) in [6.45, 7) is 0.219. The number of hydrogen-bond donors (Lipinski definition) is 0. The minimum absolute atomic E-state index is 0.219. The molecule has 1 aromatic carbocycles. The largest absolute Gasteiger partial charge is 0.269 e. The lowest BCUT2D eigenvalue weighted by molar-refractivity contribution is 0.0644. The Morgan fingerprint density at radius 3 is 2.28 bits per heavy atom. The van der Waals surface area contributed by atoms with Gasteiger partial charge in [0.2, 0.25) is 0 Å². The molecule has 0 saturated carbocycles. The molecule has 1 aliphatic rings. The van der Waals surface area contributed by atoms with Crippen molar-refractivity contribution in [1.82, 2.24) is 9.88 Å². The van der Waals surface area contributed by atoms with Crippen LogP contribution in [0.15, 0.2) is 30.5 Å². The van der Waals surface area contributed by atoms with Gasteiger partial charge in [0, 0.05) is 11.1 Å². The minimum Gasteiger partial charge on any atom is -0.269 e. The number of nitrogens with zero attached hydrogens (tertiary/aromatic N) is 2. The van der Waals surface area contributed by atoms with Crippen LogP contribution < -0.4 is 0 Å². The van der Waals surface area contributed by atoms with Crippen LogP contribution in [-0.2, 0) is 6.54 Å². The third-order valence-electron chi connectivity index (χ3n) is 2.72. The molecule has 0 saturated heterocycles. The van der Waals surface area contributed by atoms with Gasteiger partial charge in [0.25, 0.3) is 11.8 Å². The van der Waals surface area contributed by atoms with Crippen molar-refractivity contribution in [2.45, 2.75) is 6.54 Å². The molecule has 2 amide bonds. The molecule has 0 atom stereocenters. The number of thiazole rings is 1. The molecule has 2 heterocycles. The molecular formula is C12H7ClN2O2S. The van der Waals surface area contributed by atoms with Crippen LogP contribution in [0, 0.1) is 0 Å². The number of halogens is 1. The van der Waals surface area contributed by atoms with E-state index in [1.807, 2.05) is 0 Å². The Morgan fingerprint density at radius 1 is 1.17 bits per heavy atom. The average Bonchev–Trinajstić information content (AvgIpc) is 2.88. The van der Waals surface area contributed by atoms with Crippen LogP contribution in [-0.4, -0.2) is 21.7 Å². The van der Waals surface area contributed by atoms with Crippen LogP contribution in [0.5, 0.6) is 0 Å². The summed E-state index contributed by atoms with van der Waals surface area (Å²) in [5.41, 5.74) is 0.913. The fourth-order valence-corrected chi connectivity index (χ4v) is 2.86. The maximum absolute atomic E-state index is 12.1. The summed E-state index contributed by atoms with van der Waals surface area (Å²) >= 11 is 6.99. The SMILES string of the molecule is O=C1c2ccccc2C(=O)N1Cc1cnc(Cl)s1. The Labute approximate surface area is 112 Å². The summed E-state index contributed by atoms with van der Waals surface area (Å²) in [6.07, 6.45) is 1.58. The van der Waals surface area contributed by atoms with E-state index in [9.17, 15) is 9.59 Å². The van der Waals surface area contributed by atoms with E-state index in [4.69, 9.17) is 11.6 Å². The number of amides is 2.